The second-order valence-corrected chi connectivity index (χ2v) is 4.47. The number of nitro groups is 1. The Morgan fingerprint density at radius 1 is 1.42 bits per heavy atom. The number of hydrogen-bond acceptors (Lipinski definition) is 4. The first kappa shape index (κ1) is 14.9. The minimum Gasteiger partial charge on any atom is -0.374 e. The Bertz CT molecular complexity index is 474. The lowest BCUT2D eigenvalue weighted by atomic mass is 10.2. The zero-order valence-electron chi connectivity index (χ0n) is 11.4. The van der Waals surface area contributed by atoms with Crippen LogP contribution in [0.4, 0.5) is 11.4 Å². The van der Waals surface area contributed by atoms with E-state index in [0.29, 0.717) is 12.2 Å². The van der Waals surface area contributed by atoms with Gasteiger partial charge in [0, 0.05) is 24.4 Å². The number of carbonyl (C=O) groups excluding carboxylic acids is 1. The molecule has 104 valence electrons. The third-order valence-electron chi connectivity index (χ3n) is 2.60. The predicted octanol–water partition coefficient (Wildman–Crippen LogP) is 2.23. The molecule has 0 aliphatic heterocycles. The highest BCUT2D eigenvalue weighted by atomic mass is 16.6. The average Bonchev–Trinajstić information content (AvgIpc) is 2.34. The van der Waals surface area contributed by atoms with Crippen LogP contribution in [-0.2, 0) is 4.79 Å². The molecule has 0 aromatic heterocycles. The van der Waals surface area contributed by atoms with Gasteiger partial charge in [-0.25, -0.2) is 0 Å². The fraction of sp³-hybridized carbons (Fsp3) is 0.462. The molecule has 1 aromatic rings. The Labute approximate surface area is 112 Å². The smallest absolute Gasteiger partial charge is 0.271 e. The maximum absolute atomic E-state index is 11.7. The number of amides is 1. The van der Waals surface area contributed by atoms with Crippen molar-refractivity contribution in [2.24, 2.45) is 0 Å². The average molecular weight is 265 g/mol. The lowest BCUT2D eigenvalue weighted by Crippen LogP contribution is -2.37. The molecular formula is C13H19N3O3. The molecule has 0 fully saturated rings. The SMILES string of the molecule is CCCNC(=O)C(C)Nc1cc(C)cc([N+](=O)[O-])c1. The van der Waals surface area contributed by atoms with E-state index in [4.69, 9.17) is 0 Å². The molecule has 1 unspecified atom stereocenters. The second kappa shape index (κ2) is 6.72. The number of carbonyl (C=O) groups is 1. The maximum atomic E-state index is 11.7. The minimum atomic E-state index is -0.444. The summed E-state index contributed by atoms with van der Waals surface area (Å²) in [6, 6.07) is 4.26. The van der Waals surface area contributed by atoms with Crippen molar-refractivity contribution in [2.45, 2.75) is 33.2 Å². The van der Waals surface area contributed by atoms with E-state index in [9.17, 15) is 14.9 Å². The van der Waals surface area contributed by atoms with Gasteiger partial charge in [-0.05, 0) is 31.9 Å². The summed E-state index contributed by atoms with van der Waals surface area (Å²) < 4.78 is 0. The van der Waals surface area contributed by atoms with Gasteiger partial charge in [0.25, 0.3) is 5.69 Å². The van der Waals surface area contributed by atoms with Crippen molar-refractivity contribution in [2.75, 3.05) is 11.9 Å². The fourth-order valence-corrected chi connectivity index (χ4v) is 1.67. The van der Waals surface area contributed by atoms with Gasteiger partial charge in [-0.1, -0.05) is 6.92 Å². The molecule has 0 spiro atoms. The predicted molar refractivity (Wildman–Crippen MR) is 74.2 cm³/mol. The van der Waals surface area contributed by atoms with E-state index in [1.54, 1.807) is 19.9 Å². The van der Waals surface area contributed by atoms with Gasteiger partial charge in [0.15, 0.2) is 0 Å². The molecule has 6 nitrogen and oxygen atoms in total. The first-order chi connectivity index (χ1) is 8.93. The highest BCUT2D eigenvalue weighted by Gasteiger charge is 2.14. The number of nitrogens with zero attached hydrogens (tertiary/aromatic N) is 1. The number of nitro benzene ring substituents is 1. The first-order valence-corrected chi connectivity index (χ1v) is 6.24. The van der Waals surface area contributed by atoms with Gasteiger partial charge in [-0.15, -0.1) is 0 Å². The number of aryl methyl sites for hydroxylation is 1. The second-order valence-electron chi connectivity index (χ2n) is 4.47. The van der Waals surface area contributed by atoms with Crippen LogP contribution in [-0.4, -0.2) is 23.4 Å². The third kappa shape index (κ3) is 4.57. The van der Waals surface area contributed by atoms with Crippen molar-refractivity contribution in [1.82, 2.24) is 5.32 Å². The van der Waals surface area contributed by atoms with Crippen LogP contribution in [0.5, 0.6) is 0 Å². The summed E-state index contributed by atoms with van der Waals surface area (Å²) in [4.78, 5) is 22.0. The van der Waals surface area contributed by atoms with Gasteiger partial charge >= 0.3 is 0 Å². The molecule has 1 amide bonds. The summed E-state index contributed by atoms with van der Waals surface area (Å²) in [6.07, 6.45) is 0.869. The zero-order chi connectivity index (χ0) is 14.4. The topological polar surface area (TPSA) is 84.3 Å². The van der Waals surface area contributed by atoms with Crippen LogP contribution in [0.25, 0.3) is 0 Å². The van der Waals surface area contributed by atoms with Crippen molar-refractivity contribution in [3.63, 3.8) is 0 Å². The van der Waals surface area contributed by atoms with Gasteiger partial charge in [0.2, 0.25) is 5.91 Å². The summed E-state index contributed by atoms with van der Waals surface area (Å²) in [5.74, 6) is -0.119. The zero-order valence-corrected chi connectivity index (χ0v) is 11.4. The van der Waals surface area contributed by atoms with Crippen LogP contribution in [0.1, 0.15) is 25.8 Å². The molecule has 1 aromatic carbocycles. The van der Waals surface area contributed by atoms with Crippen LogP contribution < -0.4 is 10.6 Å². The minimum absolute atomic E-state index is 0.0173. The highest BCUT2D eigenvalue weighted by Crippen LogP contribution is 2.20. The number of benzene rings is 1. The molecule has 0 aliphatic rings. The Hall–Kier alpha value is -2.11. The van der Waals surface area contributed by atoms with Crippen LogP contribution in [0.3, 0.4) is 0 Å². The van der Waals surface area contributed by atoms with Crippen molar-refractivity contribution in [3.8, 4) is 0 Å². The maximum Gasteiger partial charge on any atom is 0.271 e. The largest absolute Gasteiger partial charge is 0.374 e. The van der Waals surface area contributed by atoms with Crippen LogP contribution in [0.2, 0.25) is 0 Å². The summed E-state index contributed by atoms with van der Waals surface area (Å²) in [5.41, 5.74) is 1.37. The summed E-state index contributed by atoms with van der Waals surface area (Å²) in [5, 5.41) is 16.5. The molecule has 0 heterocycles. The normalized spacial score (nSPS) is 11.7. The quantitative estimate of drug-likeness (QED) is 0.610. The number of rotatable bonds is 6. The van der Waals surface area contributed by atoms with Gasteiger partial charge in [-0.2, -0.15) is 0 Å². The van der Waals surface area contributed by atoms with Crippen LogP contribution >= 0.6 is 0 Å². The van der Waals surface area contributed by atoms with Crippen LogP contribution in [0, 0.1) is 17.0 Å². The molecule has 1 atom stereocenters. The Balaban J connectivity index is 2.76. The Morgan fingerprint density at radius 2 is 2.11 bits per heavy atom. The summed E-state index contributed by atoms with van der Waals surface area (Å²) >= 11 is 0. The van der Waals surface area contributed by atoms with Crippen LogP contribution in [0.15, 0.2) is 18.2 Å². The van der Waals surface area contributed by atoms with E-state index in [1.165, 1.54) is 12.1 Å². The van der Waals surface area contributed by atoms with Gasteiger partial charge in [-0.3, -0.25) is 14.9 Å². The van der Waals surface area contributed by atoms with Gasteiger partial charge in [0.05, 0.1) is 4.92 Å². The summed E-state index contributed by atoms with van der Waals surface area (Å²) in [7, 11) is 0. The van der Waals surface area contributed by atoms with E-state index in [-0.39, 0.29) is 11.6 Å². The standard InChI is InChI=1S/C13H19N3O3/c1-4-5-14-13(17)10(3)15-11-6-9(2)7-12(8-11)16(18)19/h6-8,10,15H,4-5H2,1-3H3,(H,14,17). The molecule has 0 bridgehead atoms. The molecule has 0 radical (unpaired) electrons. The molecule has 6 heteroatoms. The van der Waals surface area contributed by atoms with E-state index in [0.717, 1.165) is 12.0 Å². The van der Waals surface area contributed by atoms with Crippen molar-refractivity contribution in [1.29, 1.82) is 0 Å². The van der Waals surface area contributed by atoms with E-state index in [1.807, 2.05) is 6.92 Å². The third-order valence-corrected chi connectivity index (χ3v) is 2.60. The highest BCUT2D eigenvalue weighted by molar-refractivity contribution is 5.84. The molecule has 0 saturated carbocycles. The lowest BCUT2D eigenvalue weighted by molar-refractivity contribution is -0.384. The molecule has 0 saturated heterocycles. The number of nitrogens with one attached hydrogen (secondary N) is 2. The Morgan fingerprint density at radius 3 is 2.68 bits per heavy atom. The number of anilines is 1. The van der Waals surface area contributed by atoms with Crippen molar-refractivity contribution in [3.05, 3.63) is 33.9 Å². The molecule has 1 rings (SSSR count). The van der Waals surface area contributed by atoms with Gasteiger partial charge < -0.3 is 10.6 Å². The monoisotopic (exact) mass is 265 g/mol. The van der Waals surface area contributed by atoms with Crippen molar-refractivity contribution < 1.29 is 9.72 Å². The fourth-order valence-electron chi connectivity index (χ4n) is 1.67. The van der Waals surface area contributed by atoms with E-state index >= 15 is 0 Å². The molecule has 2 N–H and O–H groups in total. The lowest BCUT2D eigenvalue weighted by Gasteiger charge is -2.15. The first-order valence-electron chi connectivity index (χ1n) is 6.24. The van der Waals surface area contributed by atoms with E-state index < -0.39 is 11.0 Å². The molecule has 19 heavy (non-hydrogen) atoms. The molecular weight excluding hydrogens is 246 g/mol. The van der Waals surface area contributed by atoms with Crippen molar-refractivity contribution >= 4 is 17.3 Å². The van der Waals surface area contributed by atoms with Gasteiger partial charge in [0.1, 0.15) is 6.04 Å². The summed E-state index contributed by atoms with van der Waals surface area (Å²) in [6.45, 7) is 6.10. The Kier molecular flexibility index (Phi) is 5.29. The molecule has 0 aliphatic carbocycles. The van der Waals surface area contributed by atoms with E-state index in [2.05, 4.69) is 10.6 Å². The number of hydrogen-bond donors (Lipinski definition) is 2. The number of non-ortho nitro benzene ring substituents is 1.